The lowest BCUT2D eigenvalue weighted by Crippen LogP contribution is -2.17. The van der Waals surface area contributed by atoms with Crippen molar-refractivity contribution in [2.45, 2.75) is 4.90 Å². The highest BCUT2D eigenvalue weighted by atomic mass is 32.2. The Morgan fingerprint density at radius 3 is 2.21 bits per heavy atom. The van der Waals surface area contributed by atoms with Gasteiger partial charge in [-0.05, 0) is 18.2 Å². The van der Waals surface area contributed by atoms with Gasteiger partial charge in [0.2, 0.25) is 0 Å². The first-order valence-electron chi connectivity index (χ1n) is 8.78. The van der Waals surface area contributed by atoms with E-state index in [4.69, 9.17) is 23.7 Å². The van der Waals surface area contributed by atoms with E-state index in [1.807, 2.05) is 0 Å². The van der Waals surface area contributed by atoms with E-state index in [0.717, 1.165) is 0 Å². The highest BCUT2D eigenvalue weighted by Crippen LogP contribution is 2.36. The minimum atomic E-state index is -1.17. The number of benzene rings is 2. The summed E-state index contributed by atoms with van der Waals surface area (Å²) in [6, 6.07) is 6.57. The Labute approximate surface area is 171 Å². The van der Waals surface area contributed by atoms with Crippen LogP contribution in [0.4, 0.5) is 0 Å². The molecule has 154 valence electrons. The molecule has 0 saturated carbocycles. The van der Waals surface area contributed by atoms with Gasteiger partial charge in [-0.1, -0.05) is 0 Å². The van der Waals surface area contributed by atoms with E-state index < -0.39 is 10.8 Å². The maximum absolute atomic E-state index is 12.9. The second-order valence-corrected chi connectivity index (χ2v) is 7.58. The molecular formula is C21H22O7S. The smallest absolute Gasteiger partial charge is 0.189 e. The number of ether oxygens (including phenoxy) is 5. The van der Waals surface area contributed by atoms with Gasteiger partial charge in [0.15, 0.2) is 5.78 Å². The molecule has 1 atom stereocenters. The predicted octanol–water partition coefficient (Wildman–Crippen LogP) is 3.12. The second kappa shape index (κ2) is 9.00. The normalized spacial score (nSPS) is 15.4. The van der Waals surface area contributed by atoms with Crippen LogP contribution in [0.15, 0.2) is 35.2 Å². The fourth-order valence-electron chi connectivity index (χ4n) is 2.98. The number of methoxy groups -OCH3 is 4. The van der Waals surface area contributed by atoms with Crippen LogP contribution < -0.4 is 23.7 Å². The summed E-state index contributed by atoms with van der Waals surface area (Å²) in [6.45, 7) is 0.343. The molecular weight excluding hydrogens is 396 g/mol. The molecule has 1 aliphatic rings. The lowest BCUT2D eigenvalue weighted by molar-refractivity contribution is 0.104. The molecule has 1 aliphatic heterocycles. The van der Waals surface area contributed by atoms with Crippen LogP contribution in [0.2, 0.25) is 0 Å². The first kappa shape index (κ1) is 20.7. The summed E-state index contributed by atoms with van der Waals surface area (Å²) in [5.74, 6) is 2.47. The summed E-state index contributed by atoms with van der Waals surface area (Å²) in [5.41, 5.74) is 0.909. The van der Waals surface area contributed by atoms with Gasteiger partial charge in [-0.2, -0.15) is 0 Å². The average Bonchev–Trinajstić information content (AvgIpc) is 2.76. The molecule has 3 rings (SSSR count). The molecule has 0 spiro atoms. The second-order valence-electron chi connectivity index (χ2n) is 6.04. The maximum Gasteiger partial charge on any atom is 0.189 e. The van der Waals surface area contributed by atoms with E-state index in [1.165, 1.54) is 27.4 Å². The fraction of sp³-hybridized carbons (Fsp3) is 0.286. The predicted molar refractivity (Wildman–Crippen MR) is 109 cm³/mol. The van der Waals surface area contributed by atoms with Crippen molar-refractivity contribution in [1.82, 2.24) is 0 Å². The highest BCUT2D eigenvalue weighted by molar-refractivity contribution is 7.85. The van der Waals surface area contributed by atoms with E-state index >= 15 is 0 Å². The molecule has 0 radical (unpaired) electrons. The Bertz CT molecular complexity index is 956. The summed E-state index contributed by atoms with van der Waals surface area (Å²) >= 11 is 0. The zero-order valence-electron chi connectivity index (χ0n) is 16.6. The SMILES string of the molecule is COc1cc(OC)c(/C=C/C(=O)c2cc3c(cc2OC)S(=O)CCO3)c(OC)c1. The van der Waals surface area contributed by atoms with Crippen molar-refractivity contribution < 1.29 is 32.7 Å². The molecule has 0 saturated heterocycles. The highest BCUT2D eigenvalue weighted by Gasteiger charge is 2.22. The van der Waals surface area contributed by atoms with Crippen molar-refractivity contribution >= 4 is 22.7 Å². The maximum atomic E-state index is 12.9. The van der Waals surface area contributed by atoms with Crippen LogP contribution in [0, 0.1) is 0 Å². The van der Waals surface area contributed by atoms with Crippen LogP contribution in [-0.2, 0) is 10.8 Å². The van der Waals surface area contributed by atoms with Gasteiger partial charge in [-0.3, -0.25) is 9.00 Å². The third-order valence-electron chi connectivity index (χ3n) is 4.46. The summed E-state index contributed by atoms with van der Waals surface area (Å²) < 4.78 is 39.1. The number of fused-ring (bicyclic) bond motifs is 1. The van der Waals surface area contributed by atoms with E-state index in [2.05, 4.69) is 0 Å². The number of hydrogen-bond donors (Lipinski definition) is 0. The van der Waals surface area contributed by atoms with E-state index in [-0.39, 0.29) is 5.78 Å². The number of allylic oxidation sites excluding steroid dienone is 1. The average molecular weight is 418 g/mol. The molecule has 7 nitrogen and oxygen atoms in total. The molecule has 1 heterocycles. The molecule has 0 fully saturated rings. The Morgan fingerprint density at radius 1 is 0.966 bits per heavy atom. The lowest BCUT2D eigenvalue weighted by atomic mass is 10.1. The molecule has 0 amide bonds. The molecule has 1 unspecified atom stereocenters. The topological polar surface area (TPSA) is 80.3 Å². The summed E-state index contributed by atoms with van der Waals surface area (Å²) in [5, 5.41) is 0. The fourth-order valence-corrected chi connectivity index (χ4v) is 4.01. The minimum Gasteiger partial charge on any atom is -0.496 e. The van der Waals surface area contributed by atoms with Gasteiger partial charge in [0.1, 0.15) is 35.4 Å². The number of carbonyl (C=O) groups excluding carboxylic acids is 1. The summed E-state index contributed by atoms with van der Waals surface area (Å²) in [4.78, 5) is 13.4. The van der Waals surface area contributed by atoms with Crippen molar-refractivity contribution in [3.05, 3.63) is 41.5 Å². The van der Waals surface area contributed by atoms with Crippen LogP contribution in [0.5, 0.6) is 28.7 Å². The van der Waals surface area contributed by atoms with Crippen LogP contribution in [0.25, 0.3) is 6.08 Å². The van der Waals surface area contributed by atoms with Gasteiger partial charge in [0.05, 0.1) is 61.0 Å². The monoisotopic (exact) mass is 418 g/mol. The molecule has 0 bridgehead atoms. The van der Waals surface area contributed by atoms with Crippen molar-refractivity contribution in [3.63, 3.8) is 0 Å². The molecule has 29 heavy (non-hydrogen) atoms. The zero-order valence-corrected chi connectivity index (χ0v) is 17.5. The quantitative estimate of drug-likeness (QED) is 0.505. The molecule has 0 aromatic heterocycles. The van der Waals surface area contributed by atoms with E-state index in [9.17, 15) is 9.00 Å². The number of hydrogen-bond acceptors (Lipinski definition) is 7. The summed E-state index contributed by atoms with van der Waals surface area (Å²) in [7, 11) is 4.89. The lowest BCUT2D eigenvalue weighted by Gasteiger charge is -2.19. The number of carbonyl (C=O) groups is 1. The van der Waals surface area contributed by atoms with Crippen molar-refractivity contribution in [1.29, 1.82) is 0 Å². The van der Waals surface area contributed by atoms with Crippen molar-refractivity contribution in [2.75, 3.05) is 40.8 Å². The molecule has 2 aromatic carbocycles. The van der Waals surface area contributed by atoms with Crippen LogP contribution in [-0.4, -0.2) is 50.8 Å². The number of ketones is 1. The Morgan fingerprint density at radius 2 is 1.62 bits per heavy atom. The Balaban J connectivity index is 1.99. The first-order chi connectivity index (χ1) is 14.0. The third-order valence-corrected chi connectivity index (χ3v) is 5.80. The van der Waals surface area contributed by atoms with Gasteiger partial charge >= 0.3 is 0 Å². The van der Waals surface area contributed by atoms with Gasteiger partial charge in [-0.15, -0.1) is 0 Å². The third kappa shape index (κ3) is 4.22. The van der Waals surface area contributed by atoms with Crippen LogP contribution in [0.3, 0.4) is 0 Å². The molecule has 2 aromatic rings. The van der Waals surface area contributed by atoms with E-state index in [0.29, 0.717) is 57.1 Å². The van der Waals surface area contributed by atoms with Crippen molar-refractivity contribution in [2.24, 2.45) is 0 Å². The minimum absolute atomic E-state index is 0.301. The standard InChI is InChI=1S/C21H22O7S/c1-24-13-9-17(25-2)14(18(10-13)26-3)5-6-16(22)15-11-20-21(12-19(15)27-4)29(23)8-7-28-20/h5-6,9-12H,7-8H2,1-4H3/b6-5+. The first-order valence-corrected chi connectivity index (χ1v) is 10.1. The van der Waals surface area contributed by atoms with Crippen molar-refractivity contribution in [3.8, 4) is 28.7 Å². The largest absolute Gasteiger partial charge is 0.496 e. The molecule has 0 N–H and O–H groups in total. The van der Waals surface area contributed by atoms with Gasteiger partial charge in [-0.25, -0.2) is 0 Å². The van der Waals surface area contributed by atoms with Crippen LogP contribution in [0.1, 0.15) is 15.9 Å². The number of rotatable bonds is 7. The molecule has 8 heteroatoms. The molecule has 0 aliphatic carbocycles. The van der Waals surface area contributed by atoms with Gasteiger partial charge in [0.25, 0.3) is 0 Å². The van der Waals surface area contributed by atoms with E-state index in [1.54, 1.807) is 37.5 Å². The Kier molecular flexibility index (Phi) is 6.43. The van der Waals surface area contributed by atoms with Gasteiger partial charge < -0.3 is 23.7 Å². The summed E-state index contributed by atoms with van der Waals surface area (Å²) in [6.07, 6.45) is 3.01. The van der Waals surface area contributed by atoms with Gasteiger partial charge in [0, 0.05) is 18.2 Å². The van der Waals surface area contributed by atoms with Crippen LogP contribution >= 0.6 is 0 Å². The Hall–Kier alpha value is -3.00. The zero-order chi connectivity index (χ0) is 21.0.